The van der Waals surface area contributed by atoms with Crippen molar-refractivity contribution in [2.75, 3.05) is 28.3 Å². The molecule has 10 heteroatoms. The van der Waals surface area contributed by atoms with Crippen LogP contribution >= 0.6 is 11.8 Å². The number of aromatic nitrogens is 1. The molecule has 1 aliphatic heterocycles. The molecular formula is C23H19F3N4O2S. The molecule has 2 aromatic carbocycles. The molecule has 3 amide bonds. The highest BCUT2D eigenvalue weighted by molar-refractivity contribution is 7.98. The van der Waals surface area contributed by atoms with Gasteiger partial charge in [-0.3, -0.25) is 14.7 Å². The second-order valence-electron chi connectivity index (χ2n) is 7.28. The summed E-state index contributed by atoms with van der Waals surface area (Å²) < 4.78 is 40.4. The summed E-state index contributed by atoms with van der Waals surface area (Å²) in [5, 5.41) is 5.41. The fourth-order valence-corrected chi connectivity index (χ4v) is 4.24. The molecule has 1 aromatic heterocycles. The minimum Gasteiger partial charge on any atom is -0.322 e. The van der Waals surface area contributed by atoms with Crippen molar-refractivity contribution < 1.29 is 22.8 Å². The Balaban J connectivity index is 1.52. The van der Waals surface area contributed by atoms with Crippen LogP contribution in [0.2, 0.25) is 0 Å². The fraction of sp³-hybridized carbons (Fsp3) is 0.174. The van der Waals surface area contributed by atoms with Crippen molar-refractivity contribution in [3.63, 3.8) is 0 Å². The van der Waals surface area contributed by atoms with Crippen LogP contribution in [-0.4, -0.2) is 29.7 Å². The first-order valence-corrected chi connectivity index (χ1v) is 11.2. The van der Waals surface area contributed by atoms with Crippen molar-refractivity contribution in [2.45, 2.75) is 17.5 Å². The minimum absolute atomic E-state index is 0.136. The molecule has 0 fully saturated rings. The van der Waals surface area contributed by atoms with E-state index in [1.54, 1.807) is 49.0 Å². The smallest absolute Gasteiger partial charge is 0.322 e. The number of carbonyl (C=O) groups is 2. The molecule has 0 unspecified atom stereocenters. The normalized spacial score (nSPS) is 12.9. The van der Waals surface area contributed by atoms with Crippen LogP contribution in [0.25, 0.3) is 0 Å². The Hall–Kier alpha value is -3.53. The third-order valence-corrected chi connectivity index (χ3v) is 5.94. The average molecular weight is 472 g/mol. The van der Waals surface area contributed by atoms with E-state index in [4.69, 9.17) is 0 Å². The average Bonchev–Trinajstić information content (AvgIpc) is 3.21. The van der Waals surface area contributed by atoms with E-state index in [1.807, 2.05) is 0 Å². The summed E-state index contributed by atoms with van der Waals surface area (Å²) in [4.78, 5) is 30.7. The SMILES string of the molecule is CSc1cc2c(cc1C(F)(F)F)N(C(=O)Nc1cccc(C(=O)Nc3ccncc3)c1)CC2. The number of fused-ring (bicyclic) bond motifs is 1. The molecule has 3 aromatic rings. The molecule has 0 radical (unpaired) electrons. The maximum absolute atomic E-state index is 13.5. The highest BCUT2D eigenvalue weighted by atomic mass is 32.2. The van der Waals surface area contributed by atoms with Gasteiger partial charge < -0.3 is 10.6 Å². The number of pyridine rings is 1. The molecule has 6 nitrogen and oxygen atoms in total. The minimum atomic E-state index is -4.52. The Morgan fingerprint density at radius 1 is 1.03 bits per heavy atom. The number of halogens is 3. The van der Waals surface area contributed by atoms with Gasteiger partial charge in [-0.2, -0.15) is 13.2 Å². The predicted molar refractivity (Wildman–Crippen MR) is 122 cm³/mol. The first-order chi connectivity index (χ1) is 15.8. The summed E-state index contributed by atoms with van der Waals surface area (Å²) in [6.07, 6.45) is 0.630. The van der Waals surface area contributed by atoms with Crippen LogP contribution in [0.1, 0.15) is 21.5 Å². The predicted octanol–water partition coefficient (Wildman–Crippen LogP) is 5.67. The zero-order valence-corrected chi connectivity index (χ0v) is 18.3. The van der Waals surface area contributed by atoms with Crippen LogP contribution in [0, 0.1) is 0 Å². The van der Waals surface area contributed by atoms with E-state index < -0.39 is 17.8 Å². The first-order valence-electron chi connectivity index (χ1n) is 9.94. The number of carbonyl (C=O) groups excluding carboxylic acids is 2. The van der Waals surface area contributed by atoms with E-state index in [9.17, 15) is 22.8 Å². The Morgan fingerprint density at radius 3 is 2.48 bits per heavy atom. The van der Waals surface area contributed by atoms with Crippen LogP contribution in [-0.2, 0) is 12.6 Å². The van der Waals surface area contributed by atoms with E-state index in [0.29, 0.717) is 28.9 Å². The number of nitrogens with zero attached hydrogens (tertiary/aromatic N) is 2. The van der Waals surface area contributed by atoms with Gasteiger partial charge in [0.05, 0.1) is 5.56 Å². The molecule has 0 spiro atoms. The van der Waals surface area contributed by atoms with Crippen molar-refractivity contribution in [1.29, 1.82) is 0 Å². The Morgan fingerprint density at radius 2 is 1.79 bits per heavy atom. The topological polar surface area (TPSA) is 74.3 Å². The first kappa shape index (κ1) is 22.7. The number of amides is 3. The number of nitrogens with one attached hydrogen (secondary N) is 2. The molecular weight excluding hydrogens is 453 g/mol. The summed E-state index contributed by atoms with van der Waals surface area (Å²) in [6.45, 7) is 0.262. The summed E-state index contributed by atoms with van der Waals surface area (Å²) in [7, 11) is 0. The molecule has 0 atom stereocenters. The number of hydrogen-bond acceptors (Lipinski definition) is 4. The van der Waals surface area contributed by atoms with Gasteiger partial charge in [0.25, 0.3) is 5.91 Å². The second-order valence-corrected chi connectivity index (χ2v) is 8.13. The molecule has 4 rings (SSSR count). The van der Waals surface area contributed by atoms with Gasteiger partial charge in [-0.25, -0.2) is 4.79 Å². The summed E-state index contributed by atoms with van der Waals surface area (Å²) >= 11 is 1.02. The van der Waals surface area contributed by atoms with Crippen LogP contribution in [0.15, 0.2) is 65.8 Å². The number of thioether (sulfide) groups is 1. The van der Waals surface area contributed by atoms with Crippen LogP contribution in [0.3, 0.4) is 0 Å². The van der Waals surface area contributed by atoms with Crippen LogP contribution < -0.4 is 15.5 Å². The maximum atomic E-state index is 13.5. The number of hydrogen-bond donors (Lipinski definition) is 2. The van der Waals surface area contributed by atoms with Crippen LogP contribution in [0.5, 0.6) is 0 Å². The molecule has 33 heavy (non-hydrogen) atoms. The lowest BCUT2D eigenvalue weighted by Gasteiger charge is -2.20. The molecule has 170 valence electrons. The lowest BCUT2D eigenvalue weighted by atomic mass is 10.1. The number of urea groups is 1. The maximum Gasteiger partial charge on any atom is 0.417 e. The highest BCUT2D eigenvalue weighted by Crippen LogP contribution is 2.42. The van der Waals surface area contributed by atoms with Gasteiger partial charge in [0.2, 0.25) is 0 Å². The van der Waals surface area contributed by atoms with E-state index >= 15 is 0 Å². The quantitative estimate of drug-likeness (QED) is 0.480. The number of anilines is 3. The molecule has 0 aliphatic carbocycles. The van der Waals surface area contributed by atoms with Gasteiger partial charge >= 0.3 is 12.2 Å². The van der Waals surface area contributed by atoms with Gasteiger partial charge in [0.1, 0.15) is 0 Å². The lowest BCUT2D eigenvalue weighted by molar-refractivity contribution is -0.139. The van der Waals surface area contributed by atoms with Crippen molar-refractivity contribution in [3.8, 4) is 0 Å². The van der Waals surface area contributed by atoms with Crippen molar-refractivity contribution in [3.05, 3.63) is 77.6 Å². The van der Waals surface area contributed by atoms with Gasteiger partial charge in [-0.1, -0.05) is 6.07 Å². The largest absolute Gasteiger partial charge is 0.417 e. The summed E-state index contributed by atoms with van der Waals surface area (Å²) in [6, 6.07) is 11.6. The van der Waals surface area contributed by atoms with Crippen LogP contribution in [0.4, 0.5) is 35.0 Å². The third-order valence-electron chi connectivity index (χ3n) is 5.16. The summed E-state index contributed by atoms with van der Waals surface area (Å²) in [5.41, 5.74) is 1.41. The Bertz CT molecular complexity index is 1200. The molecule has 1 aliphatic rings. The van der Waals surface area contributed by atoms with Gasteiger partial charge in [-0.05, 0) is 60.7 Å². The van der Waals surface area contributed by atoms with Crippen molar-refractivity contribution in [2.24, 2.45) is 0 Å². The van der Waals surface area contributed by atoms with E-state index in [1.165, 1.54) is 17.0 Å². The van der Waals surface area contributed by atoms with E-state index in [2.05, 4.69) is 15.6 Å². The van der Waals surface area contributed by atoms with Gasteiger partial charge in [0, 0.05) is 46.5 Å². The number of rotatable bonds is 4. The van der Waals surface area contributed by atoms with E-state index in [-0.39, 0.29) is 23.0 Å². The highest BCUT2D eigenvalue weighted by Gasteiger charge is 2.36. The zero-order valence-electron chi connectivity index (χ0n) is 17.4. The number of alkyl halides is 3. The van der Waals surface area contributed by atoms with Crippen molar-refractivity contribution >= 4 is 40.8 Å². The Kier molecular flexibility index (Phi) is 6.28. The van der Waals surface area contributed by atoms with Gasteiger partial charge in [-0.15, -0.1) is 11.8 Å². The second kappa shape index (κ2) is 9.14. The fourth-order valence-electron chi connectivity index (χ4n) is 3.58. The standard InChI is InChI=1S/C23H19F3N4O2S/c1-33-20-12-14-7-10-30(19(14)13-18(20)23(24,25)26)22(32)29-17-4-2-3-15(11-17)21(31)28-16-5-8-27-9-6-16/h2-6,8-9,11-13H,7,10H2,1H3,(H,29,32)(H,27,28,31). The van der Waals surface area contributed by atoms with Gasteiger partial charge in [0.15, 0.2) is 0 Å². The molecule has 2 heterocycles. The summed E-state index contributed by atoms with van der Waals surface area (Å²) in [5.74, 6) is -0.372. The zero-order chi connectivity index (χ0) is 23.6. The number of benzene rings is 2. The van der Waals surface area contributed by atoms with E-state index in [0.717, 1.165) is 17.8 Å². The monoisotopic (exact) mass is 472 g/mol. The molecule has 0 saturated heterocycles. The molecule has 0 saturated carbocycles. The third kappa shape index (κ3) is 4.95. The lowest BCUT2D eigenvalue weighted by Crippen LogP contribution is -2.33. The molecule has 2 N–H and O–H groups in total. The Labute approximate surface area is 192 Å². The van der Waals surface area contributed by atoms with Crippen molar-refractivity contribution in [1.82, 2.24) is 4.98 Å². The molecule has 0 bridgehead atoms.